The Kier molecular flexibility index (Phi) is 5.23. The fourth-order valence-electron chi connectivity index (χ4n) is 4.78. The zero-order valence-corrected chi connectivity index (χ0v) is 17.7. The third kappa shape index (κ3) is 3.67. The van der Waals surface area contributed by atoms with Crippen LogP contribution in [0.3, 0.4) is 0 Å². The second-order valence-corrected chi connectivity index (χ2v) is 8.50. The maximum atomic E-state index is 15.0. The Balaban J connectivity index is 1.35. The number of anilines is 1. The molecule has 2 saturated heterocycles. The molecular weight excluding hydrogens is 409 g/mol. The number of benzene rings is 1. The number of nitrogens with one attached hydrogen (secondary N) is 1. The van der Waals surface area contributed by atoms with Crippen LogP contribution in [0.2, 0.25) is 0 Å². The Morgan fingerprint density at radius 1 is 1.25 bits per heavy atom. The number of aromatic nitrogens is 4. The van der Waals surface area contributed by atoms with E-state index in [0.29, 0.717) is 34.5 Å². The van der Waals surface area contributed by atoms with Gasteiger partial charge >= 0.3 is 0 Å². The molecule has 2 unspecified atom stereocenters. The van der Waals surface area contributed by atoms with Crippen LogP contribution in [0, 0.1) is 11.3 Å². The van der Waals surface area contributed by atoms with Gasteiger partial charge in [0.2, 0.25) is 0 Å². The van der Waals surface area contributed by atoms with Crippen LogP contribution < -0.4 is 10.2 Å². The summed E-state index contributed by atoms with van der Waals surface area (Å²) in [6.07, 6.45) is 9.18. The van der Waals surface area contributed by atoms with Gasteiger partial charge in [-0.1, -0.05) is 6.42 Å². The Hall–Kier alpha value is -3.51. The van der Waals surface area contributed by atoms with Crippen molar-refractivity contribution in [1.29, 1.82) is 5.26 Å². The topological polar surface area (TPSA) is 103 Å². The molecule has 2 aliphatic rings. The number of halogens is 1. The summed E-state index contributed by atoms with van der Waals surface area (Å²) in [5.74, 6) is 0.653. The van der Waals surface area contributed by atoms with Crippen molar-refractivity contribution in [2.45, 2.75) is 50.0 Å². The number of fused-ring (bicyclic) bond motifs is 2. The van der Waals surface area contributed by atoms with E-state index in [1.807, 2.05) is 18.0 Å². The lowest BCUT2D eigenvalue weighted by Gasteiger charge is -2.46. The van der Waals surface area contributed by atoms with Gasteiger partial charge in [0, 0.05) is 37.0 Å². The van der Waals surface area contributed by atoms with E-state index in [-0.39, 0.29) is 17.8 Å². The molecule has 2 aliphatic heterocycles. The summed E-state index contributed by atoms with van der Waals surface area (Å²) >= 11 is 0. The molecule has 5 rings (SSSR count). The number of imidazole rings is 1. The van der Waals surface area contributed by atoms with E-state index in [1.54, 1.807) is 41.4 Å². The van der Waals surface area contributed by atoms with E-state index in [0.717, 1.165) is 25.7 Å². The van der Waals surface area contributed by atoms with Crippen LogP contribution in [-0.4, -0.2) is 56.0 Å². The largest absolute Gasteiger partial charge is 0.507 e. The first kappa shape index (κ1) is 20.4. The molecule has 2 bridgehead atoms. The molecule has 32 heavy (non-hydrogen) atoms. The lowest BCUT2D eigenvalue weighted by atomic mass is 9.82. The minimum atomic E-state index is -0.945. The predicted molar refractivity (Wildman–Crippen MR) is 117 cm³/mol. The SMILES string of the molecule is CN(c1cnc(-c2ccc(-n3cnc(C#N)c3)cc2O)cn1)[C@H]1CC2CCCC(N2)[C@H]1F. The molecule has 2 aromatic heterocycles. The third-order valence-electron chi connectivity index (χ3n) is 6.55. The molecule has 0 aliphatic carbocycles. The number of rotatable bonds is 4. The number of alkyl halides is 1. The van der Waals surface area contributed by atoms with E-state index in [1.165, 1.54) is 6.33 Å². The number of hydrogen-bond acceptors (Lipinski definition) is 7. The quantitative estimate of drug-likeness (QED) is 0.652. The van der Waals surface area contributed by atoms with Gasteiger partial charge in [0.1, 0.15) is 30.1 Å². The molecule has 2 N–H and O–H groups in total. The molecule has 0 amide bonds. The van der Waals surface area contributed by atoms with Crippen molar-refractivity contribution < 1.29 is 9.50 Å². The number of nitriles is 1. The molecule has 4 atom stereocenters. The van der Waals surface area contributed by atoms with Crippen LogP contribution in [-0.2, 0) is 0 Å². The standard InChI is InChI=1S/C23H24FN7O/c1-30(20-7-14-3-2-4-18(29-14)23(20)24)22-11-26-19(10-27-22)17-6-5-16(8-21(17)32)31-12-15(9-25)28-13-31/h5-6,8,10-14,18,20,23,29,32H,2-4,7H2,1H3/t14?,18?,20-,23+/m0/s1. The molecule has 1 aromatic carbocycles. The molecule has 0 spiro atoms. The highest BCUT2D eigenvalue weighted by Gasteiger charge is 2.41. The van der Waals surface area contributed by atoms with Gasteiger partial charge in [-0.15, -0.1) is 0 Å². The fraction of sp³-hybridized carbons (Fsp3) is 0.391. The first-order chi connectivity index (χ1) is 15.5. The summed E-state index contributed by atoms with van der Waals surface area (Å²) in [4.78, 5) is 14.9. The van der Waals surface area contributed by atoms with E-state index >= 15 is 4.39 Å². The van der Waals surface area contributed by atoms with Crippen LogP contribution in [0.5, 0.6) is 5.75 Å². The van der Waals surface area contributed by atoms with Crippen molar-refractivity contribution in [1.82, 2.24) is 24.8 Å². The van der Waals surface area contributed by atoms with Crippen LogP contribution in [0.25, 0.3) is 16.9 Å². The highest BCUT2D eigenvalue weighted by atomic mass is 19.1. The lowest BCUT2D eigenvalue weighted by Crippen LogP contribution is -2.61. The summed E-state index contributed by atoms with van der Waals surface area (Å²) in [6.45, 7) is 0. The van der Waals surface area contributed by atoms with Crippen molar-refractivity contribution >= 4 is 5.82 Å². The summed E-state index contributed by atoms with van der Waals surface area (Å²) < 4.78 is 16.7. The second-order valence-electron chi connectivity index (χ2n) is 8.50. The molecule has 2 fully saturated rings. The van der Waals surface area contributed by atoms with Gasteiger partial charge in [-0.3, -0.25) is 4.98 Å². The van der Waals surface area contributed by atoms with Gasteiger partial charge in [0.15, 0.2) is 5.69 Å². The Bertz CT molecular complexity index is 1160. The fourth-order valence-corrected chi connectivity index (χ4v) is 4.78. The van der Waals surface area contributed by atoms with Gasteiger partial charge in [-0.05, 0) is 31.4 Å². The predicted octanol–water partition coefficient (Wildman–Crippen LogP) is 2.96. The molecule has 9 heteroatoms. The first-order valence-corrected chi connectivity index (χ1v) is 10.8. The minimum Gasteiger partial charge on any atom is -0.507 e. The van der Waals surface area contributed by atoms with E-state index in [9.17, 15) is 5.11 Å². The summed E-state index contributed by atoms with van der Waals surface area (Å²) in [5, 5.41) is 22.9. The maximum Gasteiger partial charge on any atom is 0.158 e. The molecule has 0 radical (unpaired) electrons. The lowest BCUT2D eigenvalue weighted by molar-refractivity contribution is 0.107. The molecule has 0 saturated carbocycles. The zero-order chi connectivity index (χ0) is 22.2. The summed E-state index contributed by atoms with van der Waals surface area (Å²) in [5.41, 5.74) is 2.03. The first-order valence-electron chi connectivity index (χ1n) is 10.8. The van der Waals surface area contributed by atoms with Crippen molar-refractivity contribution in [3.63, 3.8) is 0 Å². The van der Waals surface area contributed by atoms with E-state index < -0.39 is 6.17 Å². The van der Waals surface area contributed by atoms with Crippen molar-refractivity contribution in [3.8, 4) is 28.8 Å². The molecule has 8 nitrogen and oxygen atoms in total. The van der Waals surface area contributed by atoms with Crippen molar-refractivity contribution in [2.24, 2.45) is 0 Å². The number of piperidine rings is 2. The van der Waals surface area contributed by atoms with Crippen LogP contribution in [0.4, 0.5) is 10.2 Å². The molecular formula is C23H24FN7O. The van der Waals surface area contributed by atoms with Crippen LogP contribution in [0.1, 0.15) is 31.4 Å². The van der Waals surface area contributed by atoms with Gasteiger partial charge < -0.3 is 19.9 Å². The van der Waals surface area contributed by atoms with Gasteiger partial charge in [-0.2, -0.15) is 5.26 Å². The average molecular weight is 433 g/mol. The van der Waals surface area contributed by atoms with Crippen molar-refractivity contribution in [3.05, 3.63) is 48.8 Å². The normalized spacial score (nSPS) is 24.7. The van der Waals surface area contributed by atoms with Crippen molar-refractivity contribution in [2.75, 3.05) is 11.9 Å². The third-order valence-corrected chi connectivity index (χ3v) is 6.55. The molecule has 4 heterocycles. The second kappa shape index (κ2) is 8.20. The highest BCUT2D eigenvalue weighted by Crippen LogP contribution is 2.33. The molecule has 164 valence electrons. The van der Waals surface area contributed by atoms with E-state index in [2.05, 4.69) is 20.3 Å². The van der Waals surface area contributed by atoms with Gasteiger partial charge in [0.05, 0.1) is 29.8 Å². The van der Waals surface area contributed by atoms with E-state index in [4.69, 9.17) is 5.26 Å². The average Bonchev–Trinajstić information content (AvgIpc) is 3.31. The summed E-state index contributed by atoms with van der Waals surface area (Å²) in [7, 11) is 1.87. The number of phenols is 1. The Morgan fingerprint density at radius 3 is 2.84 bits per heavy atom. The molecule has 3 aromatic rings. The van der Waals surface area contributed by atoms with Crippen LogP contribution in [0.15, 0.2) is 43.1 Å². The number of aromatic hydroxyl groups is 1. The highest BCUT2D eigenvalue weighted by molar-refractivity contribution is 5.68. The smallest absolute Gasteiger partial charge is 0.158 e. The maximum absolute atomic E-state index is 15.0. The monoisotopic (exact) mass is 433 g/mol. The summed E-state index contributed by atoms with van der Waals surface area (Å²) in [6, 6.07) is 7.16. The number of phenolic OH excluding ortho intramolecular Hbond substituents is 1. The Morgan fingerprint density at radius 2 is 2.12 bits per heavy atom. The van der Waals surface area contributed by atoms with Gasteiger partial charge in [0.25, 0.3) is 0 Å². The number of nitrogens with zero attached hydrogens (tertiary/aromatic N) is 6. The van der Waals surface area contributed by atoms with Crippen LogP contribution >= 0.6 is 0 Å². The Labute approximate surface area is 185 Å². The zero-order valence-electron chi connectivity index (χ0n) is 17.7. The minimum absolute atomic E-state index is 0.0418. The number of hydrogen-bond donors (Lipinski definition) is 2. The van der Waals surface area contributed by atoms with Gasteiger partial charge in [-0.25, -0.2) is 14.4 Å².